The van der Waals surface area contributed by atoms with Crippen LogP contribution in [0, 0.1) is 13.8 Å². The van der Waals surface area contributed by atoms with Gasteiger partial charge < -0.3 is 5.32 Å². The molecular weight excluding hydrogens is 266 g/mol. The number of carbonyl (C=O) groups excluding carboxylic acids is 1. The minimum absolute atomic E-state index is 0.156. The largest absolute Gasteiger partial charge is 0.361 e. The van der Waals surface area contributed by atoms with Crippen LogP contribution in [0.1, 0.15) is 40.6 Å². The maximum Gasteiger partial charge on any atom is 0.270 e. The van der Waals surface area contributed by atoms with Gasteiger partial charge in [-0.05, 0) is 38.0 Å². The average Bonchev–Trinajstić information content (AvgIpc) is 2.67. The Balaban J connectivity index is 2.37. The predicted octanol–water partition coefficient (Wildman–Crippen LogP) is 2.27. The molecule has 1 aromatic rings. The normalized spacial score (nSPS) is 9.94. The molecule has 1 amide bonds. The fourth-order valence-electron chi connectivity index (χ4n) is 1.34. The van der Waals surface area contributed by atoms with Crippen molar-refractivity contribution in [1.82, 2.24) is 16.2 Å². The van der Waals surface area contributed by atoms with E-state index in [4.69, 9.17) is 12.2 Å². The van der Waals surface area contributed by atoms with Crippen molar-refractivity contribution in [2.75, 3.05) is 6.54 Å². The second kappa shape index (κ2) is 7.33. The SMILES string of the molecule is CCCCNC(=S)NNC(=O)c1csc(C)c1C. The Bertz CT molecular complexity index is 429. The van der Waals surface area contributed by atoms with Gasteiger partial charge >= 0.3 is 0 Å². The molecule has 0 aliphatic heterocycles. The zero-order valence-electron chi connectivity index (χ0n) is 10.9. The lowest BCUT2D eigenvalue weighted by molar-refractivity contribution is 0.0943. The molecule has 0 bridgehead atoms. The Hall–Kier alpha value is -1.14. The van der Waals surface area contributed by atoms with Gasteiger partial charge in [-0.15, -0.1) is 11.3 Å². The molecule has 1 rings (SSSR count). The lowest BCUT2D eigenvalue weighted by atomic mass is 10.2. The van der Waals surface area contributed by atoms with E-state index in [2.05, 4.69) is 23.1 Å². The molecule has 0 aliphatic rings. The van der Waals surface area contributed by atoms with E-state index in [1.54, 1.807) is 11.3 Å². The van der Waals surface area contributed by atoms with Crippen LogP contribution in [0.15, 0.2) is 5.38 Å². The molecule has 1 heterocycles. The van der Waals surface area contributed by atoms with Gasteiger partial charge in [-0.3, -0.25) is 15.6 Å². The smallest absolute Gasteiger partial charge is 0.270 e. The van der Waals surface area contributed by atoms with Crippen molar-refractivity contribution >= 4 is 34.6 Å². The summed E-state index contributed by atoms with van der Waals surface area (Å²) < 4.78 is 0. The summed E-state index contributed by atoms with van der Waals surface area (Å²) in [6.07, 6.45) is 2.16. The van der Waals surface area contributed by atoms with Crippen LogP contribution in [0.2, 0.25) is 0 Å². The van der Waals surface area contributed by atoms with Crippen LogP contribution in [0.3, 0.4) is 0 Å². The number of unbranched alkanes of at least 4 members (excludes halogenated alkanes) is 1. The summed E-state index contributed by atoms with van der Waals surface area (Å²) in [6.45, 7) is 6.87. The van der Waals surface area contributed by atoms with Crippen LogP contribution in [0.4, 0.5) is 0 Å². The number of aryl methyl sites for hydroxylation is 1. The summed E-state index contributed by atoms with van der Waals surface area (Å²) in [4.78, 5) is 13.0. The highest BCUT2D eigenvalue weighted by Crippen LogP contribution is 2.19. The van der Waals surface area contributed by atoms with Crippen LogP contribution < -0.4 is 16.2 Å². The highest BCUT2D eigenvalue weighted by atomic mass is 32.1. The third kappa shape index (κ3) is 4.27. The van der Waals surface area contributed by atoms with Crippen molar-refractivity contribution in [2.24, 2.45) is 0 Å². The van der Waals surface area contributed by atoms with Crippen molar-refractivity contribution in [3.8, 4) is 0 Å². The zero-order valence-corrected chi connectivity index (χ0v) is 12.6. The first-order chi connectivity index (χ1) is 8.56. The van der Waals surface area contributed by atoms with E-state index in [-0.39, 0.29) is 5.91 Å². The minimum Gasteiger partial charge on any atom is -0.361 e. The highest BCUT2D eigenvalue weighted by molar-refractivity contribution is 7.80. The predicted molar refractivity (Wildman–Crippen MR) is 79.9 cm³/mol. The molecule has 0 radical (unpaired) electrons. The summed E-state index contributed by atoms with van der Waals surface area (Å²) in [6, 6.07) is 0. The lowest BCUT2D eigenvalue weighted by Gasteiger charge is -2.11. The highest BCUT2D eigenvalue weighted by Gasteiger charge is 2.12. The quantitative estimate of drug-likeness (QED) is 0.451. The van der Waals surface area contributed by atoms with Crippen LogP contribution in [-0.4, -0.2) is 17.6 Å². The summed E-state index contributed by atoms with van der Waals surface area (Å²) >= 11 is 6.61. The van der Waals surface area contributed by atoms with E-state index in [1.165, 1.54) is 0 Å². The van der Waals surface area contributed by atoms with Crippen molar-refractivity contribution in [3.63, 3.8) is 0 Å². The van der Waals surface area contributed by atoms with Gasteiger partial charge in [0.2, 0.25) is 0 Å². The van der Waals surface area contributed by atoms with Crippen LogP contribution in [0.25, 0.3) is 0 Å². The third-order valence-corrected chi connectivity index (χ3v) is 3.90. The lowest BCUT2D eigenvalue weighted by Crippen LogP contribution is -2.47. The Labute approximate surface area is 117 Å². The second-order valence-corrected chi connectivity index (χ2v) is 5.51. The Kier molecular flexibility index (Phi) is 6.07. The molecule has 0 aromatic carbocycles. The molecule has 0 unspecified atom stereocenters. The number of rotatable bonds is 4. The number of thiocarbonyl (C=S) groups is 1. The first-order valence-electron chi connectivity index (χ1n) is 5.95. The Morgan fingerprint density at radius 1 is 1.39 bits per heavy atom. The van der Waals surface area contributed by atoms with Crippen LogP contribution in [-0.2, 0) is 0 Å². The number of hydrogen-bond acceptors (Lipinski definition) is 3. The summed E-state index contributed by atoms with van der Waals surface area (Å²) in [5.74, 6) is -0.156. The van der Waals surface area contributed by atoms with Crippen molar-refractivity contribution in [1.29, 1.82) is 0 Å². The topological polar surface area (TPSA) is 53.2 Å². The van der Waals surface area contributed by atoms with Crippen LogP contribution >= 0.6 is 23.6 Å². The number of hydrazine groups is 1. The molecule has 4 nitrogen and oxygen atoms in total. The van der Waals surface area contributed by atoms with Crippen molar-refractivity contribution < 1.29 is 4.79 Å². The van der Waals surface area contributed by atoms with E-state index in [1.807, 2.05) is 19.2 Å². The number of thiophene rings is 1. The molecule has 100 valence electrons. The van der Waals surface area contributed by atoms with Crippen molar-refractivity contribution in [3.05, 3.63) is 21.4 Å². The van der Waals surface area contributed by atoms with Gasteiger partial charge in [0.15, 0.2) is 5.11 Å². The molecule has 1 aromatic heterocycles. The fraction of sp³-hybridized carbons (Fsp3) is 0.500. The van der Waals surface area contributed by atoms with E-state index in [0.29, 0.717) is 10.7 Å². The molecule has 0 saturated carbocycles. The van der Waals surface area contributed by atoms with Gasteiger partial charge in [0, 0.05) is 16.8 Å². The summed E-state index contributed by atoms with van der Waals surface area (Å²) in [5, 5.41) is 5.32. The first kappa shape index (κ1) is 14.9. The molecule has 0 spiro atoms. The zero-order chi connectivity index (χ0) is 13.5. The molecule has 18 heavy (non-hydrogen) atoms. The molecule has 0 saturated heterocycles. The summed E-state index contributed by atoms with van der Waals surface area (Å²) in [7, 11) is 0. The number of carbonyl (C=O) groups is 1. The van der Waals surface area contributed by atoms with Gasteiger partial charge in [0.05, 0.1) is 5.56 Å². The van der Waals surface area contributed by atoms with Gasteiger partial charge in [0.25, 0.3) is 5.91 Å². The maximum absolute atomic E-state index is 11.9. The second-order valence-electron chi connectivity index (χ2n) is 4.02. The molecule has 0 fully saturated rings. The van der Waals surface area contributed by atoms with Gasteiger partial charge in [-0.2, -0.15) is 0 Å². The minimum atomic E-state index is -0.156. The van der Waals surface area contributed by atoms with E-state index in [9.17, 15) is 4.79 Å². The molecular formula is C12H19N3OS2. The van der Waals surface area contributed by atoms with E-state index >= 15 is 0 Å². The molecule has 3 N–H and O–H groups in total. The summed E-state index contributed by atoms with van der Waals surface area (Å²) in [5.41, 5.74) is 7.01. The number of nitrogens with one attached hydrogen (secondary N) is 3. The molecule has 0 atom stereocenters. The molecule has 0 aliphatic carbocycles. The Morgan fingerprint density at radius 2 is 2.11 bits per heavy atom. The monoisotopic (exact) mass is 285 g/mol. The average molecular weight is 285 g/mol. The Morgan fingerprint density at radius 3 is 2.67 bits per heavy atom. The molecule has 6 heteroatoms. The number of amides is 1. The van der Waals surface area contributed by atoms with Gasteiger partial charge in [0.1, 0.15) is 0 Å². The standard InChI is InChI=1S/C12H19N3OS2/c1-4-5-6-13-12(17)15-14-11(16)10-7-18-9(3)8(10)2/h7H,4-6H2,1-3H3,(H,14,16)(H2,13,15,17). The van der Waals surface area contributed by atoms with Crippen LogP contribution in [0.5, 0.6) is 0 Å². The third-order valence-electron chi connectivity index (χ3n) is 2.64. The number of hydrogen-bond donors (Lipinski definition) is 3. The first-order valence-corrected chi connectivity index (χ1v) is 7.24. The van der Waals surface area contributed by atoms with E-state index in [0.717, 1.165) is 29.8 Å². The maximum atomic E-state index is 11.9. The van der Waals surface area contributed by atoms with E-state index < -0.39 is 0 Å². The van der Waals surface area contributed by atoms with Gasteiger partial charge in [-0.1, -0.05) is 13.3 Å². The van der Waals surface area contributed by atoms with Gasteiger partial charge in [-0.25, -0.2) is 0 Å². The fourth-order valence-corrected chi connectivity index (χ4v) is 2.36. The van der Waals surface area contributed by atoms with Crippen molar-refractivity contribution in [2.45, 2.75) is 33.6 Å².